The van der Waals surface area contributed by atoms with Gasteiger partial charge in [-0.3, -0.25) is 9.80 Å². The second kappa shape index (κ2) is 6.53. The smallest absolute Gasteiger partial charge is 0.328 e. The first-order valence-corrected chi connectivity index (χ1v) is 7.39. The first kappa shape index (κ1) is 15.7. The van der Waals surface area contributed by atoms with Crippen LogP contribution in [0.3, 0.4) is 0 Å². The summed E-state index contributed by atoms with van der Waals surface area (Å²) in [6.07, 6.45) is 0.0332. The van der Waals surface area contributed by atoms with Crippen LogP contribution in [0.25, 0.3) is 0 Å². The van der Waals surface area contributed by atoms with E-state index < -0.39 is 17.9 Å². The summed E-state index contributed by atoms with van der Waals surface area (Å²) >= 11 is 0. The number of amides is 1. The molecule has 1 aromatic heterocycles. The number of anilines is 1. The number of nitrogens with one attached hydrogen (secondary N) is 1. The summed E-state index contributed by atoms with van der Waals surface area (Å²) in [5.74, 6) is -0.931. The summed E-state index contributed by atoms with van der Waals surface area (Å²) in [5, 5.41) is 21.3. The lowest BCUT2D eigenvalue weighted by molar-refractivity contribution is -0.138. The maximum Gasteiger partial charge on any atom is 0.328 e. The Morgan fingerprint density at radius 3 is 2.75 bits per heavy atom. The molecule has 0 saturated heterocycles. The largest absolute Gasteiger partial charge is 0.480 e. The van der Waals surface area contributed by atoms with Gasteiger partial charge in [0.15, 0.2) is 11.8 Å². The van der Waals surface area contributed by atoms with Gasteiger partial charge in [0.1, 0.15) is 5.71 Å². The van der Waals surface area contributed by atoms with Crippen LogP contribution < -0.4 is 10.3 Å². The monoisotopic (exact) mass is 328 g/mol. The van der Waals surface area contributed by atoms with Gasteiger partial charge in [-0.2, -0.15) is 5.10 Å². The Kier molecular flexibility index (Phi) is 4.28. The fraction of sp³-hybridized carbons (Fsp3) is 0.250. The number of hydrogen-bond acceptors (Lipinski definition) is 6. The van der Waals surface area contributed by atoms with E-state index in [1.807, 2.05) is 6.07 Å². The van der Waals surface area contributed by atoms with Crippen molar-refractivity contribution in [2.45, 2.75) is 25.9 Å². The first-order valence-electron chi connectivity index (χ1n) is 7.39. The molecule has 0 saturated carbocycles. The average Bonchev–Trinajstić information content (AvgIpc) is 3.20. The predicted octanol–water partition coefficient (Wildman–Crippen LogP) is 1.32. The molecule has 0 fully saturated rings. The highest BCUT2D eigenvalue weighted by molar-refractivity contribution is 6.40. The third-order valence-corrected chi connectivity index (χ3v) is 3.58. The van der Waals surface area contributed by atoms with E-state index in [0.717, 1.165) is 5.69 Å². The Morgan fingerprint density at radius 1 is 1.38 bits per heavy atom. The Balaban J connectivity index is 1.72. The van der Waals surface area contributed by atoms with Crippen molar-refractivity contribution in [2.24, 2.45) is 5.10 Å². The molecule has 1 aromatic carbocycles. The third kappa shape index (κ3) is 3.27. The molecule has 1 aliphatic heterocycles. The molecule has 3 rings (SSSR count). The van der Waals surface area contributed by atoms with Crippen molar-refractivity contribution in [3.8, 4) is 0 Å². The molecule has 1 unspecified atom stereocenters. The Hall–Kier alpha value is -3.16. The van der Waals surface area contributed by atoms with E-state index in [2.05, 4.69) is 15.6 Å². The molecular formula is C16H16N4O4. The van der Waals surface area contributed by atoms with Gasteiger partial charge in [-0.05, 0) is 19.1 Å². The van der Waals surface area contributed by atoms with E-state index in [1.165, 1.54) is 5.01 Å². The SMILES string of the molecule is Cc1cc(CNC(=O)C2=NN(c3ccccc3)C(C(=O)O)C2)on1. The van der Waals surface area contributed by atoms with E-state index in [4.69, 9.17) is 4.52 Å². The van der Waals surface area contributed by atoms with Crippen LogP contribution in [0.5, 0.6) is 0 Å². The number of carbonyl (C=O) groups is 2. The zero-order chi connectivity index (χ0) is 17.1. The van der Waals surface area contributed by atoms with Gasteiger partial charge in [-0.15, -0.1) is 0 Å². The van der Waals surface area contributed by atoms with Crippen molar-refractivity contribution in [1.82, 2.24) is 10.5 Å². The van der Waals surface area contributed by atoms with Crippen molar-refractivity contribution in [2.75, 3.05) is 5.01 Å². The lowest BCUT2D eigenvalue weighted by atomic mass is 10.1. The molecule has 8 heteroatoms. The molecule has 8 nitrogen and oxygen atoms in total. The summed E-state index contributed by atoms with van der Waals surface area (Å²) in [5.41, 5.74) is 1.51. The molecule has 0 spiro atoms. The summed E-state index contributed by atoms with van der Waals surface area (Å²) in [6.45, 7) is 1.95. The van der Waals surface area contributed by atoms with Crippen LogP contribution in [0, 0.1) is 6.92 Å². The Morgan fingerprint density at radius 2 is 2.12 bits per heavy atom. The van der Waals surface area contributed by atoms with Crippen LogP contribution in [0.1, 0.15) is 17.9 Å². The number of aromatic nitrogens is 1. The highest BCUT2D eigenvalue weighted by atomic mass is 16.5. The predicted molar refractivity (Wildman–Crippen MR) is 85.5 cm³/mol. The first-order chi connectivity index (χ1) is 11.5. The molecule has 0 bridgehead atoms. The Bertz CT molecular complexity index is 784. The molecule has 24 heavy (non-hydrogen) atoms. The van der Waals surface area contributed by atoms with E-state index in [1.54, 1.807) is 37.3 Å². The van der Waals surface area contributed by atoms with Crippen molar-refractivity contribution < 1.29 is 19.2 Å². The number of aliphatic carboxylic acids is 1. The topological polar surface area (TPSA) is 108 Å². The number of para-hydroxylation sites is 1. The minimum absolute atomic E-state index is 0.0332. The van der Waals surface area contributed by atoms with E-state index in [9.17, 15) is 14.7 Å². The average molecular weight is 328 g/mol. The molecular weight excluding hydrogens is 312 g/mol. The zero-order valence-electron chi connectivity index (χ0n) is 13.0. The van der Waals surface area contributed by atoms with Gasteiger partial charge in [0.05, 0.1) is 17.9 Å². The van der Waals surface area contributed by atoms with Crippen LogP contribution in [0.2, 0.25) is 0 Å². The second-order valence-corrected chi connectivity index (χ2v) is 5.40. The van der Waals surface area contributed by atoms with Crippen molar-refractivity contribution in [3.05, 3.63) is 47.9 Å². The normalized spacial score (nSPS) is 16.8. The van der Waals surface area contributed by atoms with E-state index in [0.29, 0.717) is 11.4 Å². The molecule has 2 N–H and O–H groups in total. The van der Waals surface area contributed by atoms with Gasteiger partial charge in [-0.1, -0.05) is 23.4 Å². The number of rotatable bonds is 5. The molecule has 2 aromatic rings. The van der Waals surface area contributed by atoms with Gasteiger partial charge in [0.2, 0.25) is 0 Å². The van der Waals surface area contributed by atoms with Crippen LogP contribution in [0.15, 0.2) is 46.0 Å². The summed E-state index contributed by atoms with van der Waals surface area (Å²) in [6, 6.07) is 9.71. The number of benzene rings is 1. The maximum absolute atomic E-state index is 12.2. The molecule has 2 heterocycles. The highest BCUT2D eigenvalue weighted by Crippen LogP contribution is 2.24. The van der Waals surface area contributed by atoms with Crippen molar-refractivity contribution in [1.29, 1.82) is 0 Å². The standard InChI is InChI=1S/C16H16N4O4/c1-10-7-12(24-19-10)9-17-15(21)13-8-14(16(22)23)20(18-13)11-5-3-2-4-6-11/h2-7,14H,8-9H2,1H3,(H,17,21)(H,22,23). The van der Waals surface area contributed by atoms with Gasteiger partial charge >= 0.3 is 5.97 Å². The lowest BCUT2D eigenvalue weighted by Crippen LogP contribution is -2.35. The quantitative estimate of drug-likeness (QED) is 0.857. The maximum atomic E-state index is 12.2. The number of carboxylic acids is 1. The number of carbonyl (C=O) groups excluding carboxylic acids is 1. The summed E-state index contributed by atoms with van der Waals surface area (Å²) in [7, 11) is 0. The molecule has 124 valence electrons. The number of nitrogens with zero attached hydrogens (tertiary/aromatic N) is 3. The van der Waals surface area contributed by atoms with Crippen LogP contribution >= 0.6 is 0 Å². The highest BCUT2D eigenvalue weighted by Gasteiger charge is 2.36. The van der Waals surface area contributed by atoms with Gasteiger partial charge in [0, 0.05) is 12.5 Å². The second-order valence-electron chi connectivity index (χ2n) is 5.40. The van der Waals surface area contributed by atoms with Crippen LogP contribution in [-0.4, -0.2) is 33.9 Å². The fourth-order valence-corrected chi connectivity index (χ4v) is 2.43. The third-order valence-electron chi connectivity index (χ3n) is 3.58. The number of hydrazone groups is 1. The van der Waals surface area contributed by atoms with Gasteiger partial charge < -0.3 is 14.9 Å². The molecule has 1 aliphatic rings. The van der Waals surface area contributed by atoms with E-state index >= 15 is 0 Å². The number of hydrogen-bond donors (Lipinski definition) is 2. The van der Waals surface area contributed by atoms with Crippen molar-refractivity contribution >= 4 is 23.3 Å². The zero-order valence-corrected chi connectivity index (χ0v) is 13.0. The van der Waals surface area contributed by atoms with Crippen molar-refractivity contribution in [3.63, 3.8) is 0 Å². The lowest BCUT2D eigenvalue weighted by Gasteiger charge is -2.19. The Labute approximate surface area is 137 Å². The summed E-state index contributed by atoms with van der Waals surface area (Å²) in [4.78, 5) is 23.7. The van der Waals surface area contributed by atoms with Crippen LogP contribution in [-0.2, 0) is 16.1 Å². The van der Waals surface area contributed by atoms with Gasteiger partial charge in [-0.25, -0.2) is 4.79 Å². The van der Waals surface area contributed by atoms with Crippen LogP contribution in [0.4, 0.5) is 5.69 Å². The molecule has 1 atom stereocenters. The van der Waals surface area contributed by atoms with Gasteiger partial charge in [0.25, 0.3) is 5.91 Å². The molecule has 0 radical (unpaired) electrons. The minimum Gasteiger partial charge on any atom is -0.480 e. The summed E-state index contributed by atoms with van der Waals surface area (Å²) < 4.78 is 5.02. The molecule has 1 amide bonds. The van der Waals surface area contributed by atoms with E-state index in [-0.39, 0.29) is 18.7 Å². The fourth-order valence-electron chi connectivity index (χ4n) is 2.43. The number of aryl methyl sites for hydroxylation is 1. The number of carboxylic acid groups (broad SMARTS) is 1. The molecule has 0 aliphatic carbocycles. The minimum atomic E-state index is -1.03.